The van der Waals surface area contributed by atoms with Crippen molar-refractivity contribution in [2.75, 3.05) is 26.0 Å². The Bertz CT molecular complexity index is 589. The van der Waals surface area contributed by atoms with Crippen molar-refractivity contribution in [1.82, 2.24) is 4.31 Å². The molecule has 0 aromatic heterocycles. The van der Waals surface area contributed by atoms with Gasteiger partial charge in [0.05, 0.1) is 19.4 Å². The van der Waals surface area contributed by atoms with Crippen LogP contribution in [0.1, 0.15) is 19.4 Å². The first-order chi connectivity index (χ1) is 10.3. The summed E-state index contributed by atoms with van der Waals surface area (Å²) in [5.41, 5.74) is -0.712. The molecule has 22 heavy (non-hydrogen) atoms. The first kappa shape index (κ1) is 18.9. The Balaban J connectivity index is 0.00000116. The monoisotopic (exact) mass is 331 g/mol. The van der Waals surface area contributed by atoms with Gasteiger partial charge in [0.2, 0.25) is 10.0 Å². The van der Waals surface area contributed by atoms with Gasteiger partial charge in [0.25, 0.3) is 0 Å². The number of benzene rings is 1. The fourth-order valence-corrected chi connectivity index (χ4v) is 3.08. The predicted octanol–water partition coefficient (Wildman–Crippen LogP) is 0.767. The minimum absolute atomic E-state index is 0.0181. The molecule has 2 rings (SSSR count). The summed E-state index contributed by atoms with van der Waals surface area (Å²) in [7, 11) is -3.44. The van der Waals surface area contributed by atoms with Gasteiger partial charge in [0.1, 0.15) is 17.5 Å². The van der Waals surface area contributed by atoms with Gasteiger partial charge in [0.15, 0.2) is 0 Å². The zero-order valence-electron chi connectivity index (χ0n) is 13.5. The van der Waals surface area contributed by atoms with E-state index in [1.165, 1.54) is 0 Å². The summed E-state index contributed by atoms with van der Waals surface area (Å²) >= 11 is 0. The summed E-state index contributed by atoms with van der Waals surface area (Å²) in [5, 5.41) is 19.7. The molecule has 0 saturated carbocycles. The normalized spacial score (nSPS) is 25.5. The molecule has 2 atom stereocenters. The first-order valence-electron chi connectivity index (χ1n) is 7.27. The van der Waals surface area contributed by atoms with E-state index in [-0.39, 0.29) is 13.1 Å². The van der Waals surface area contributed by atoms with Crippen LogP contribution in [0.15, 0.2) is 24.3 Å². The minimum atomic E-state index is -3.44. The molecular formula is C15H25NO5S. The number of ether oxygens (including phenoxy) is 1. The van der Waals surface area contributed by atoms with Gasteiger partial charge in [-0.05, 0) is 18.6 Å². The van der Waals surface area contributed by atoms with Crippen LogP contribution in [0.4, 0.5) is 0 Å². The van der Waals surface area contributed by atoms with Crippen LogP contribution in [-0.2, 0) is 10.0 Å². The lowest BCUT2D eigenvalue weighted by atomic mass is 10.0. The van der Waals surface area contributed by atoms with E-state index in [9.17, 15) is 18.6 Å². The second kappa shape index (κ2) is 7.41. The quantitative estimate of drug-likeness (QED) is 0.851. The smallest absolute Gasteiger partial charge is 0.211 e. The Kier molecular flexibility index (Phi) is 6.37. The molecule has 0 amide bonds. The number of hydrogen-bond acceptors (Lipinski definition) is 5. The molecule has 1 aliphatic heterocycles. The van der Waals surface area contributed by atoms with E-state index in [0.29, 0.717) is 5.75 Å². The number of β-amino-alcohol motifs (C(OH)–C–C–N with tert-alkyl or cyclic N) is 1. The Hall–Kier alpha value is -1.15. The molecule has 1 fully saturated rings. The maximum atomic E-state index is 11.6. The van der Waals surface area contributed by atoms with Gasteiger partial charge in [-0.15, -0.1) is 0 Å². The third kappa shape index (κ3) is 4.19. The maximum absolute atomic E-state index is 11.6. The molecule has 0 aliphatic carbocycles. The molecule has 0 bridgehead atoms. The molecule has 1 heterocycles. The molecule has 1 aromatic carbocycles. The molecular weight excluding hydrogens is 306 g/mol. The molecule has 126 valence electrons. The SMILES string of the molecule is CC.Cc1ccccc1O[C@H]1CN(S(C)(=O)=O)C[C@@]1(O)CO. The summed E-state index contributed by atoms with van der Waals surface area (Å²) in [5.74, 6) is 0.569. The zero-order valence-corrected chi connectivity index (χ0v) is 14.3. The number of aryl methyl sites for hydroxylation is 1. The topological polar surface area (TPSA) is 87.1 Å². The lowest BCUT2D eigenvalue weighted by Gasteiger charge is -2.27. The van der Waals surface area contributed by atoms with E-state index < -0.39 is 28.3 Å². The Morgan fingerprint density at radius 3 is 2.45 bits per heavy atom. The summed E-state index contributed by atoms with van der Waals surface area (Å²) < 4.78 is 30.0. The van der Waals surface area contributed by atoms with Crippen LogP contribution < -0.4 is 4.74 Å². The molecule has 0 unspecified atom stereocenters. The average Bonchev–Trinajstić information content (AvgIpc) is 2.82. The Morgan fingerprint density at radius 2 is 1.95 bits per heavy atom. The van der Waals surface area contributed by atoms with Crippen LogP contribution in [0.5, 0.6) is 5.75 Å². The van der Waals surface area contributed by atoms with Gasteiger partial charge in [-0.3, -0.25) is 0 Å². The number of aliphatic hydroxyl groups excluding tert-OH is 1. The van der Waals surface area contributed by atoms with Crippen LogP contribution in [0.2, 0.25) is 0 Å². The fraction of sp³-hybridized carbons (Fsp3) is 0.600. The number of sulfonamides is 1. The number of rotatable bonds is 4. The highest BCUT2D eigenvalue weighted by molar-refractivity contribution is 7.88. The second-order valence-electron chi connectivity index (χ2n) is 5.19. The van der Waals surface area contributed by atoms with Crippen LogP contribution in [0.25, 0.3) is 0 Å². The number of nitrogens with zero attached hydrogens (tertiary/aromatic N) is 1. The van der Waals surface area contributed by atoms with Gasteiger partial charge in [-0.2, -0.15) is 4.31 Å². The highest BCUT2D eigenvalue weighted by Crippen LogP contribution is 2.29. The first-order valence-corrected chi connectivity index (χ1v) is 9.12. The Labute approximate surface area is 132 Å². The van der Waals surface area contributed by atoms with Crippen molar-refractivity contribution in [1.29, 1.82) is 0 Å². The fourth-order valence-electron chi connectivity index (χ4n) is 2.22. The lowest BCUT2D eigenvalue weighted by molar-refractivity contribution is -0.0642. The Morgan fingerprint density at radius 1 is 1.36 bits per heavy atom. The lowest BCUT2D eigenvalue weighted by Crippen LogP contribution is -2.48. The van der Waals surface area contributed by atoms with E-state index in [1.54, 1.807) is 12.1 Å². The number of hydrogen-bond donors (Lipinski definition) is 2. The molecule has 7 heteroatoms. The van der Waals surface area contributed by atoms with Crippen molar-refractivity contribution in [3.05, 3.63) is 29.8 Å². The summed E-state index contributed by atoms with van der Waals surface area (Å²) in [6.07, 6.45) is 0.268. The van der Waals surface area contributed by atoms with Gasteiger partial charge in [-0.25, -0.2) is 8.42 Å². The third-order valence-electron chi connectivity index (χ3n) is 3.52. The average molecular weight is 331 g/mol. The molecule has 1 aliphatic rings. The van der Waals surface area contributed by atoms with Crippen molar-refractivity contribution >= 4 is 10.0 Å². The summed E-state index contributed by atoms with van der Waals surface area (Å²) in [6, 6.07) is 7.26. The van der Waals surface area contributed by atoms with E-state index in [2.05, 4.69) is 0 Å². The minimum Gasteiger partial charge on any atom is -0.486 e. The van der Waals surface area contributed by atoms with Crippen molar-refractivity contribution in [2.24, 2.45) is 0 Å². The van der Waals surface area contributed by atoms with Crippen molar-refractivity contribution in [3.63, 3.8) is 0 Å². The summed E-state index contributed by atoms with van der Waals surface area (Å²) in [6.45, 7) is 5.15. The second-order valence-corrected chi connectivity index (χ2v) is 7.17. The van der Waals surface area contributed by atoms with Crippen LogP contribution in [-0.4, -0.2) is 60.6 Å². The third-order valence-corrected chi connectivity index (χ3v) is 4.74. The van der Waals surface area contributed by atoms with Crippen LogP contribution >= 0.6 is 0 Å². The van der Waals surface area contributed by atoms with E-state index in [1.807, 2.05) is 32.9 Å². The predicted molar refractivity (Wildman–Crippen MR) is 85.4 cm³/mol. The van der Waals surface area contributed by atoms with Crippen molar-refractivity contribution in [2.45, 2.75) is 32.5 Å². The van der Waals surface area contributed by atoms with Crippen molar-refractivity contribution in [3.8, 4) is 5.75 Å². The molecule has 0 spiro atoms. The van der Waals surface area contributed by atoms with E-state index in [4.69, 9.17) is 4.74 Å². The molecule has 2 N–H and O–H groups in total. The van der Waals surface area contributed by atoms with Gasteiger partial charge >= 0.3 is 0 Å². The largest absolute Gasteiger partial charge is 0.486 e. The molecule has 0 radical (unpaired) electrons. The maximum Gasteiger partial charge on any atom is 0.211 e. The number of aliphatic hydroxyl groups is 2. The standard InChI is InChI=1S/C13H19NO5S.C2H6/c1-10-5-3-4-6-11(10)19-12-7-14(20(2,17)18)8-13(12,16)9-15;1-2/h3-6,12,15-16H,7-9H2,1-2H3;1-2H3/t12-,13+;/m0./s1. The zero-order chi connectivity index (χ0) is 17.0. The molecule has 1 aromatic rings. The molecule has 1 saturated heterocycles. The van der Waals surface area contributed by atoms with Gasteiger partial charge < -0.3 is 14.9 Å². The van der Waals surface area contributed by atoms with Crippen molar-refractivity contribution < 1.29 is 23.4 Å². The van der Waals surface area contributed by atoms with Crippen LogP contribution in [0.3, 0.4) is 0 Å². The van der Waals surface area contributed by atoms with Gasteiger partial charge in [0, 0.05) is 6.54 Å². The van der Waals surface area contributed by atoms with Crippen LogP contribution in [0, 0.1) is 6.92 Å². The van der Waals surface area contributed by atoms with E-state index in [0.717, 1.165) is 16.1 Å². The highest BCUT2D eigenvalue weighted by Gasteiger charge is 2.49. The van der Waals surface area contributed by atoms with Gasteiger partial charge in [-0.1, -0.05) is 32.0 Å². The summed E-state index contributed by atoms with van der Waals surface area (Å²) in [4.78, 5) is 0. The highest BCUT2D eigenvalue weighted by atomic mass is 32.2. The van der Waals surface area contributed by atoms with E-state index >= 15 is 0 Å². The molecule has 6 nitrogen and oxygen atoms in total. The number of para-hydroxylation sites is 1.